The summed E-state index contributed by atoms with van der Waals surface area (Å²) in [6.45, 7) is 1.78. The van der Waals surface area contributed by atoms with Crippen LogP contribution in [0.25, 0.3) is 0 Å². The average molecular weight is 362 g/mol. The van der Waals surface area contributed by atoms with E-state index in [0.717, 1.165) is 23.8 Å². The quantitative estimate of drug-likeness (QED) is 0.626. The van der Waals surface area contributed by atoms with Crippen LogP contribution in [0.1, 0.15) is 12.5 Å². The molecule has 1 N–H and O–H groups in total. The zero-order valence-electron chi connectivity index (χ0n) is 13.7. The smallest absolute Gasteiger partial charge is 0.311 e. The summed E-state index contributed by atoms with van der Waals surface area (Å²) in [7, 11) is 0. The van der Waals surface area contributed by atoms with Gasteiger partial charge in [-0.1, -0.05) is 6.07 Å². The first-order chi connectivity index (χ1) is 12.4. The predicted octanol–water partition coefficient (Wildman–Crippen LogP) is 2.55. The van der Waals surface area contributed by atoms with Crippen LogP contribution in [0, 0.1) is 15.9 Å². The fraction of sp³-hybridized carbons (Fsp3) is 0.235. The number of rotatable bonds is 6. The Hall–Kier alpha value is -3.36. The standard InChI is InChI=1S/C17H15FN2O6/c1-10(26-15-7-12(18)3-4-13(15)20(22)23)17(21)19-8-11-2-5-14-16(6-11)25-9-24-14/h2-7,10H,8-9H2,1H3,(H,19,21). The van der Waals surface area contributed by atoms with E-state index in [1.165, 1.54) is 6.92 Å². The molecule has 0 saturated carbocycles. The number of amides is 1. The Labute approximate surface area is 147 Å². The summed E-state index contributed by atoms with van der Waals surface area (Å²) in [6, 6.07) is 8.07. The van der Waals surface area contributed by atoms with Crippen LogP contribution in [0.3, 0.4) is 0 Å². The zero-order chi connectivity index (χ0) is 18.7. The van der Waals surface area contributed by atoms with Gasteiger partial charge in [0, 0.05) is 18.7 Å². The largest absolute Gasteiger partial charge is 0.474 e. The monoisotopic (exact) mass is 362 g/mol. The summed E-state index contributed by atoms with van der Waals surface area (Å²) in [5.74, 6) is -0.271. The SMILES string of the molecule is CC(Oc1cc(F)ccc1[N+](=O)[O-])C(=O)NCc1ccc2c(c1)OCO2. The lowest BCUT2D eigenvalue weighted by atomic mass is 10.2. The van der Waals surface area contributed by atoms with Crippen LogP contribution in [-0.4, -0.2) is 23.7 Å². The first-order valence-corrected chi connectivity index (χ1v) is 7.71. The van der Waals surface area contributed by atoms with E-state index < -0.39 is 28.4 Å². The molecular weight excluding hydrogens is 347 g/mol. The number of hydrogen-bond donors (Lipinski definition) is 1. The molecule has 0 aromatic heterocycles. The van der Waals surface area contributed by atoms with Crippen molar-refractivity contribution in [2.45, 2.75) is 19.6 Å². The third-order valence-electron chi connectivity index (χ3n) is 3.70. The molecule has 0 radical (unpaired) electrons. The highest BCUT2D eigenvalue weighted by Gasteiger charge is 2.22. The second-order valence-electron chi connectivity index (χ2n) is 5.53. The second kappa shape index (κ2) is 7.26. The first kappa shape index (κ1) is 17.5. The molecule has 3 rings (SSSR count). The van der Waals surface area contributed by atoms with Gasteiger partial charge in [0.25, 0.3) is 5.91 Å². The maximum atomic E-state index is 13.3. The highest BCUT2D eigenvalue weighted by atomic mass is 19.1. The number of ether oxygens (including phenoxy) is 3. The molecule has 9 heteroatoms. The van der Waals surface area contributed by atoms with E-state index in [-0.39, 0.29) is 19.1 Å². The van der Waals surface area contributed by atoms with Gasteiger partial charge in [0.05, 0.1) is 4.92 Å². The number of halogens is 1. The van der Waals surface area contributed by atoms with E-state index in [4.69, 9.17) is 14.2 Å². The van der Waals surface area contributed by atoms with Crippen molar-refractivity contribution >= 4 is 11.6 Å². The fourth-order valence-electron chi connectivity index (χ4n) is 2.36. The molecule has 8 nitrogen and oxygen atoms in total. The minimum absolute atomic E-state index is 0.155. The van der Waals surface area contributed by atoms with Crippen molar-refractivity contribution in [3.8, 4) is 17.2 Å². The first-order valence-electron chi connectivity index (χ1n) is 7.71. The van der Waals surface area contributed by atoms with Gasteiger partial charge in [-0.15, -0.1) is 0 Å². The highest BCUT2D eigenvalue weighted by Crippen LogP contribution is 2.32. The van der Waals surface area contributed by atoms with E-state index in [1.54, 1.807) is 18.2 Å². The van der Waals surface area contributed by atoms with Crippen LogP contribution >= 0.6 is 0 Å². The van der Waals surface area contributed by atoms with Gasteiger partial charge >= 0.3 is 5.69 Å². The Bertz CT molecular complexity index is 857. The Balaban J connectivity index is 1.62. The molecule has 26 heavy (non-hydrogen) atoms. The number of nitrogens with one attached hydrogen (secondary N) is 1. The molecule has 2 aromatic carbocycles. The lowest BCUT2D eigenvalue weighted by molar-refractivity contribution is -0.386. The Morgan fingerprint density at radius 3 is 2.85 bits per heavy atom. The third kappa shape index (κ3) is 3.82. The van der Waals surface area contributed by atoms with Crippen LogP contribution < -0.4 is 19.5 Å². The normalized spacial score (nSPS) is 13.2. The Kier molecular flexibility index (Phi) is 4.87. The molecule has 2 aromatic rings. The van der Waals surface area contributed by atoms with Crippen LogP contribution in [-0.2, 0) is 11.3 Å². The van der Waals surface area contributed by atoms with Crippen molar-refractivity contribution in [1.29, 1.82) is 0 Å². The van der Waals surface area contributed by atoms with E-state index >= 15 is 0 Å². The molecule has 1 heterocycles. The van der Waals surface area contributed by atoms with Crippen LogP contribution in [0.4, 0.5) is 10.1 Å². The van der Waals surface area contributed by atoms with Gasteiger partial charge in [0.2, 0.25) is 12.5 Å². The molecular formula is C17H15FN2O6. The van der Waals surface area contributed by atoms with Crippen molar-refractivity contribution in [3.05, 3.63) is 57.9 Å². The molecule has 1 unspecified atom stereocenters. The van der Waals surface area contributed by atoms with Crippen LogP contribution in [0.15, 0.2) is 36.4 Å². The molecule has 0 spiro atoms. The molecule has 1 amide bonds. The van der Waals surface area contributed by atoms with Crippen molar-refractivity contribution in [2.24, 2.45) is 0 Å². The molecule has 0 fully saturated rings. The van der Waals surface area contributed by atoms with Gasteiger partial charge < -0.3 is 19.5 Å². The second-order valence-corrected chi connectivity index (χ2v) is 5.53. The number of carbonyl (C=O) groups excluding carboxylic acids is 1. The number of hydrogen-bond acceptors (Lipinski definition) is 6. The van der Waals surface area contributed by atoms with E-state index in [2.05, 4.69) is 5.32 Å². The predicted molar refractivity (Wildman–Crippen MR) is 87.6 cm³/mol. The summed E-state index contributed by atoms with van der Waals surface area (Å²) in [4.78, 5) is 22.4. The van der Waals surface area contributed by atoms with Gasteiger partial charge in [-0.05, 0) is 30.7 Å². The van der Waals surface area contributed by atoms with Crippen molar-refractivity contribution in [1.82, 2.24) is 5.32 Å². The summed E-state index contributed by atoms with van der Waals surface area (Å²) in [5.41, 5.74) is 0.369. The third-order valence-corrected chi connectivity index (χ3v) is 3.70. The molecule has 0 saturated heterocycles. The summed E-state index contributed by atoms with van der Waals surface area (Å²) in [6.07, 6.45) is -1.05. The summed E-state index contributed by atoms with van der Waals surface area (Å²) in [5, 5.41) is 13.6. The molecule has 136 valence electrons. The van der Waals surface area contributed by atoms with Gasteiger partial charge in [-0.25, -0.2) is 4.39 Å². The van der Waals surface area contributed by atoms with E-state index in [0.29, 0.717) is 11.5 Å². The number of fused-ring (bicyclic) bond motifs is 1. The number of carbonyl (C=O) groups is 1. The molecule has 1 atom stereocenters. The Morgan fingerprint density at radius 2 is 2.08 bits per heavy atom. The number of nitro benzene ring substituents is 1. The van der Waals surface area contributed by atoms with Crippen LogP contribution in [0.5, 0.6) is 17.2 Å². The van der Waals surface area contributed by atoms with Gasteiger partial charge in [0.15, 0.2) is 17.6 Å². The topological polar surface area (TPSA) is 99.9 Å². The van der Waals surface area contributed by atoms with Gasteiger partial charge in [-0.2, -0.15) is 0 Å². The molecule has 1 aliphatic rings. The molecule has 1 aliphatic heterocycles. The highest BCUT2D eigenvalue weighted by molar-refractivity contribution is 5.80. The van der Waals surface area contributed by atoms with Crippen molar-refractivity contribution in [3.63, 3.8) is 0 Å². The minimum Gasteiger partial charge on any atom is -0.474 e. The van der Waals surface area contributed by atoms with E-state index in [1.807, 2.05) is 0 Å². The molecule has 0 aliphatic carbocycles. The Morgan fingerprint density at radius 1 is 1.31 bits per heavy atom. The molecule has 0 bridgehead atoms. The number of nitrogens with zero attached hydrogens (tertiary/aromatic N) is 1. The maximum Gasteiger partial charge on any atom is 0.311 e. The summed E-state index contributed by atoms with van der Waals surface area (Å²) >= 11 is 0. The number of benzene rings is 2. The van der Waals surface area contributed by atoms with Crippen LogP contribution in [0.2, 0.25) is 0 Å². The van der Waals surface area contributed by atoms with Crippen molar-refractivity contribution < 1.29 is 28.3 Å². The fourth-order valence-corrected chi connectivity index (χ4v) is 2.36. The summed E-state index contributed by atoms with van der Waals surface area (Å²) < 4.78 is 29.1. The average Bonchev–Trinajstić information content (AvgIpc) is 3.07. The van der Waals surface area contributed by atoms with Gasteiger partial charge in [-0.3, -0.25) is 14.9 Å². The minimum atomic E-state index is -1.05. The van der Waals surface area contributed by atoms with E-state index in [9.17, 15) is 19.3 Å². The van der Waals surface area contributed by atoms with Crippen molar-refractivity contribution in [2.75, 3.05) is 6.79 Å². The lowest BCUT2D eigenvalue weighted by Crippen LogP contribution is -2.36. The maximum absolute atomic E-state index is 13.3. The number of nitro groups is 1. The zero-order valence-corrected chi connectivity index (χ0v) is 13.7. The lowest BCUT2D eigenvalue weighted by Gasteiger charge is -2.15. The van der Waals surface area contributed by atoms with Gasteiger partial charge in [0.1, 0.15) is 5.82 Å².